The number of allylic oxidation sites excluding steroid dienone is 2. The fourth-order valence-corrected chi connectivity index (χ4v) is 2.01. The van der Waals surface area contributed by atoms with Gasteiger partial charge >= 0.3 is 0 Å². The number of hydrogen-bond acceptors (Lipinski definition) is 3. The SMILES string of the molecule is CC1=C(Br)C(C=O)c2ccc(O)cc2O1. The first kappa shape index (κ1) is 10.2. The molecule has 1 aliphatic rings. The van der Waals surface area contributed by atoms with Crippen LogP contribution in [0.5, 0.6) is 11.5 Å². The fraction of sp³-hybridized carbons (Fsp3) is 0.182. The van der Waals surface area contributed by atoms with Crippen LogP contribution in [0.1, 0.15) is 18.4 Å². The predicted molar refractivity (Wildman–Crippen MR) is 59.2 cm³/mol. The number of benzene rings is 1. The standard InChI is InChI=1S/C11H9BrO3/c1-6-11(12)9(5-13)8-3-2-7(14)4-10(8)15-6/h2-5,9,14H,1H3. The second kappa shape index (κ2) is 3.70. The Balaban J connectivity index is 2.57. The first-order valence-corrected chi connectivity index (χ1v) is 5.25. The smallest absolute Gasteiger partial charge is 0.134 e. The summed E-state index contributed by atoms with van der Waals surface area (Å²) in [6.45, 7) is 1.77. The third-order valence-electron chi connectivity index (χ3n) is 2.34. The Morgan fingerprint density at radius 2 is 2.27 bits per heavy atom. The molecule has 1 aliphatic heterocycles. The third-order valence-corrected chi connectivity index (χ3v) is 3.39. The van der Waals surface area contributed by atoms with E-state index < -0.39 is 0 Å². The first-order valence-electron chi connectivity index (χ1n) is 4.46. The summed E-state index contributed by atoms with van der Waals surface area (Å²) in [6.07, 6.45) is 0.853. The van der Waals surface area contributed by atoms with Crippen molar-refractivity contribution in [3.8, 4) is 11.5 Å². The molecule has 0 spiro atoms. The van der Waals surface area contributed by atoms with Crippen LogP contribution in [-0.2, 0) is 4.79 Å². The van der Waals surface area contributed by atoms with Crippen LogP contribution in [0.15, 0.2) is 28.4 Å². The molecule has 0 aliphatic carbocycles. The van der Waals surface area contributed by atoms with Crippen LogP contribution >= 0.6 is 15.9 Å². The molecule has 0 fully saturated rings. The molecule has 1 aromatic carbocycles. The summed E-state index contributed by atoms with van der Waals surface area (Å²) < 4.78 is 6.20. The highest BCUT2D eigenvalue weighted by Gasteiger charge is 2.26. The third kappa shape index (κ3) is 1.65. The van der Waals surface area contributed by atoms with Crippen molar-refractivity contribution in [2.45, 2.75) is 12.8 Å². The predicted octanol–water partition coefficient (Wildman–Crippen LogP) is 2.69. The zero-order valence-corrected chi connectivity index (χ0v) is 9.61. The van der Waals surface area contributed by atoms with Crippen molar-refractivity contribution in [1.82, 2.24) is 0 Å². The van der Waals surface area contributed by atoms with E-state index in [0.717, 1.165) is 16.3 Å². The number of halogens is 1. The maximum atomic E-state index is 11.0. The van der Waals surface area contributed by atoms with Crippen LogP contribution in [0, 0.1) is 0 Å². The molecule has 3 nitrogen and oxygen atoms in total. The van der Waals surface area contributed by atoms with Crippen LogP contribution in [0.3, 0.4) is 0 Å². The molecule has 1 aromatic rings. The van der Waals surface area contributed by atoms with Crippen molar-refractivity contribution < 1.29 is 14.6 Å². The van der Waals surface area contributed by atoms with Crippen molar-refractivity contribution in [3.63, 3.8) is 0 Å². The molecule has 2 rings (SSSR count). The summed E-state index contributed by atoms with van der Waals surface area (Å²) in [7, 11) is 0. The molecule has 0 saturated heterocycles. The van der Waals surface area contributed by atoms with Gasteiger partial charge in [-0.3, -0.25) is 0 Å². The van der Waals surface area contributed by atoms with Crippen molar-refractivity contribution in [2.24, 2.45) is 0 Å². The Hall–Kier alpha value is -1.29. The minimum Gasteiger partial charge on any atom is -0.508 e. The largest absolute Gasteiger partial charge is 0.508 e. The van der Waals surface area contributed by atoms with Gasteiger partial charge < -0.3 is 14.6 Å². The molecular formula is C11H9BrO3. The summed E-state index contributed by atoms with van der Waals surface area (Å²) in [5.41, 5.74) is 0.764. The van der Waals surface area contributed by atoms with Gasteiger partial charge in [-0.25, -0.2) is 0 Å². The van der Waals surface area contributed by atoms with Crippen molar-refractivity contribution in [2.75, 3.05) is 0 Å². The zero-order valence-electron chi connectivity index (χ0n) is 8.03. The fourth-order valence-electron chi connectivity index (χ4n) is 1.57. The summed E-state index contributed by atoms with van der Waals surface area (Å²) in [4.78, 5) is 11.0. The number of aromatic hydroxyl groups is 1. The van der Waals surface area contributed by atoms with Crippen molar-refractivity contribution in [1.29, 1.82) is 0 Å². The van der Waals surface area contributed by atoms with Crippen LogP contribution in [-0.4, -0.2) is 11.4 Å². The summed E-state index contributed by atoms with van der Waals surface area (Å²) in [5.74, 6) is 0.969. The molecule has 1 heterocycles. The molecule has 0 saturated carbocycles. The lowest BCUT2D eigenvalue weighted by molar-refractivity contribution is -0.108. The molecule has 0 radical (unpaired) electrons. The molecular weight excluding hydrogens is 260 g/mol. The second-order valence-corrected chi connectivity index (χ2v) is 4.20. The lowest BCUT2D eigenvalue weighted by atomic mass is 9.96. The average molecular weight is 269 g/mol. The average Bonchev–Trinajstić information content (AvgIpc) is 2.20. The maximum Gasteiger partial charge on any atom is 0.134 e. The molecule has 0 bridgehead atoms. The quantitative estimate of drug-likeness (QED) is 0.797. The Kier molecular flexibility index (Phi) is 2.52. The second-order valence-electron chi connectivity index (χ2n) is 3.34. The Morgan fingerprint density at radius 1 is 1.53 bits per heavy atom. The van der Waals surface area contributed by atoms with Gasteiger partial charge in [0.05, 0.1) is 5.92 Å². The van der Waals surface area contributed by atoms with E-state index in [1.807, 2.05) is 0 Å². The molecule has 1 atom stereocenters. The normalized spacial score (nSPS) is 19.5. The van der Waals surface area contributed by atoms with Crippen LogP contribution in [0.4, 0.5) is 0 Å². The van der Waals surface area contributed by atoms with E-state index in [9.17, 15) is 9.90 Å². The van der Waals surface area contributed by atoms with Gasteiger partial charge in [-0.2, -0.15) is 0 Å². The maximum absolute atomic E-state index is 11.0. The number of carbonyl (C=O) groups excluding carboxylic acids is 1. The molecule has 1 N–H and O–H groups in total. The number of ether oxygens (including phenoxy) is 1. The van der Waals surface area contributed by atoms with Crippen LogP contribution in [0.25, 0.3) is 0 Å². The number of carbonyl (C=O) groups is 1. The van der Waals surface area contributed by atoms with Crippen molar-refractivity contribution >= 4 is 22.2 Å². The zero-order chi connectivity index (χ0) is 11.0. The number of phenolic OH excluding ortho intramolecular Hbond substituents is 1. The van der Waals surface area contributed by atoms with Gasteiger partial charge in [0, 0.05) is 16.1 Å². The Morgan fingerprint density at radius 3 is 2.93 bits per heavy atom. The van der Waals surface area contributed by atoms with Crippen molar-refractivity contribution in [3.05, 3.63) is 34.0 Å². The summed E-state index contributed by atoms with van der Waals surface area (Å²) >= 11 is 3.33. The first-order chi connectivity index (χ1) is 7.13. The van der Waals surface area contributed by atoms with E-state index in [4.69, 9.17) is 4.74 Å². The van der Waals surface area contributed by atoms with E-state index in [1.165, 1.54) is 6.07 Å². The molecule has 0 amide bonds. The number of phenols is 1. The molecule has 0 aromatic heterocycles. The minimum atomic E-state index is -0.339. The highest BCUT2D eigenvalue weighted by molar-refractivity contribution is 9.11. The molecule has 1 unspecified atom stereocenters. The number of rotatable bonds is 1. The minimum absolute atomic E-state index is 0.129. The van der Waals surface area contributed by atoms with Gasteiger partial charge in [-0.05, 0) is 13.0 Å². The molecule has 15 heavy (non-hydrogen) atoms. The van der Waals surface area contributed by atoms with Gasteiger partial charge in [0.2, 0.25) is 0 Å². The van der Waals surface area contributed by atoms with Gasteiger partial charge in [0.15, 0.2) is 0 Å². The Bertz CT molecular complexity index is 451. The van der Waals surface area contributed by atoms with E-state index in [2.05, 4.69) is 15.9 Å². The lowest BCUT2D eigenvalue weighted by Crippen LogP contribution is -2.12. The summed E-state index contributed by atoms with van der Waals surface area (Å²) in [6, 6.07) is 4.74. The summed E-state index contributed by atoms with van der Waals surface area (Å²) in [5, 5.41) is 9.30. The van der Waals surface area contributed by atoms with Crippen LogP contribution in [0.2, 0.25) is 0 Å². The van der Waals surface area contributed by atoms with E-state index >= 15 is 0 Å². The lowest BCUT2D eigenvalue weighted by Gasteiger charge is -2.23. The van der Waals surface area contributed by atoms with E-state index in [1.54, 1.807) is 19.1 Å². The molecule has 4 heteroatoms. The number of aldehydes is 1. The highest BCUT2D eigenvalue weighted by atomic mass is 79.9. The highest BCUT2D eigenvalue weighted by Crippen LogP contribution is 2.41. The number of fused-ring (bicyclic) bond motifs is 1. The van der Waals surface area contributed by atoms with Gasteiger partial charge in [-0.15, -0.1) is 0 Å². The van der Waals surface area contributed by atoms with Crippen LogP contribution < -0.4 is 4.74 Å². The van der Waals surface area contributed by atoms with Gasteiger partial charge in [0.1, 0.15) is 23.5 Å². The van der Waals surface area contributed by atoms with E-state index in [0.29, 0.717) is 11.5 Å². The molecule has 78 valence electrons. The van der Waals surface area contributed by atoms with Gasteiger partial charge in [0.25, 0.3) is 0 Å². The van der Waals surface area contributed by atoms with Gasteiger partial charge in [-0.1, -0.05) is 22.0 Å². The monoisotopic (exact) mass is 268 g/mol. The van der Waals surface area contributed by atoms with E-state index in [-0.39, 0.29) is 11.7 Å². The topological polar surface area (TPSA) is 46.5 Å². The number of hydrogen-bond donors (Lipinski definition) is 1. The Labute approximate surface area is 95.5 Å².